The fourth-order valence-corrected chi connectivity index (χ4v) is 5.06. The number of rotatable bonds is 7. The first-order chi connectivity index (χ1) is 8.87. The normalized spacial score (nSPS) is 32.1. The second-order valence-electron chi connectivity index (χ2n) is 6.67. The SMILES string of the molecule is CC(C)NCCS(=O)(=O)NC(C)C1CC2CCC1C2. The molecule has 0 aliphatic heterocycles. The van der Waals surface area contributed by atoms with Gasteiger partial charge in [-0.2, -0.15) is 0 Å². The lowest BCUT2D eigenvalue weighted by Gasteiger charge is -2.28. The predicted octanol–water partition coefficient (Wildman–Crippen LogP) is 1.73. The molecule has 0 heterocycles. The Kier molecular flexibility index (Phi) is 4.90. The van der Waals surface area contributed by atoms with Crippen LogP contribution in [0.3, 0.4) is 0 Å². The molecular weight excluding hydrogens is 260 g/mol. The van der Waals surface area contributed by atoms with Gasteiger partial charge in [0.25, 0.3) is 0 Å². The van der Waals surface area contributed by atoms with Gasteiger partial charge in [0.15, 0.2) is 0 Å². The smallest absolute Gasteiger partial charge is 0.213 e. The number of sulfonamides is 1. The predicted molar refractivity (Wildman–Crippen MR) is 78.5 cm³/mol. The first-order valence-corrected chi connectivity index (χ1v) is 9.26. The Labute approximate surface area is 117 Å². The minimum atomic E-state index is -3.14. The molecule has 0 aromatic rings. The standard InChI is InChI=1S/C14H28N2O2S/c1-10(2)15-6-7-19(17,18)16-11(3)14-9-12-4-5-13(14)8-12/h10-16H,4-9H2,1-3H3. The summed E-state index contributed by atoms with van der Waals surface area (Å²) < 4.78 is 27.0. The van der Waals surface area contributed by atoms with E-state index in [1.807, 2.05) is 20.8 Å². The minimum Gasteiger partial charge on any atom is -0.313 e. The molecule has 19 heavy (non-hydrogen) atoms. The molecule has 2 fully saturated rings. The molecule has 4 atom stereocenters. The number of fused-ring (bicyclic) bond motifs is 2. The van der Waals surface area contributed by atoms with E-state index in [-0.39, 0.29) is 11.8 Å². The summed E-state index contributed by atoms with van der Waals surface area (Å²) in [4.78, 5) is 0. The third-order valence-electron chi connectivity index (χ3n) is 4.72. The fraction of sp³-hybridized carbons (Fsp3) is 1.00. The van der Waals surface area contributed by atoms with E-state index in [9.17, 15) is 8.42 Å². The van der Waals surface area contributed by atoms with Gasteiger partial charge in [0, 0.05) is 18.6 Å². The summed E-state index contributed by atoms with van der Waals surface area (Å²) in [5.41, 5.74) is 0. The summed E-state index contributed by atoms with van der Waals surface area (Å²) >= 11 is 0. The minimum absolute atomic E-state index is 0.0966. The average molecular weight is 288 g/mol. The fourth-order valence-electron chi connectivity index (χ4n) is 3.82. The molecule has 0 aromatic heterocycles. The quantitative estimate of drug-likeness (QED) is 0.750. The van der Waals surface area contributed by atoms with Crippen molar-refractivity contribution in [2.45, 2.75) is 58.5 Å². The molecule has 0 radical (unpaired) electrons. The van der Waals surface area contributed by atoms with Crippen molar-refractivity contribution in [2.75, 3.05) is 12.3 Å². The summed E-state index contributed by atoms with van der Waals surface area (Å²) in [6.07, 6.45) is 5.21. The summed E-state index contributed by atoms with van der Waals surface area (Å²) in [5.74, 6) is 2.36. The molecule has 4 unspecified atom stereocenters. The molecule has 2 aliphatic carbocycles. The van der Waals surface area contributed by atoms with E-state index in [0.29, 0.717) is 18.5 Å². The maximum absolute atomic E-state index is 12.0. The van der Waals surface area contributed by atoms with Gasteiger partial charge < -0.3 is 5.32 Å². The van der Waals surface area contributed by atoms with Gasteiger partial charge in [-0.1, -0.05) is 20.3 Å². The molecule has 2 rings (SSSR count). The topological polar surface area (TPSA) is 58.2 Å². The lowest BCUT2D eigenvalue weighted by Crippen LogP contribution is -2.43. The van der Waals surface area contributed by atoms with E-state index < -0.39 is 10.0 Å². The van der Waals surface area contributed by atoms with Crippen LogP contribution in [0.4, 0.5) is 0 Å². The second kappa shape index (κ2) is 6.10. The van der Waals surface area contributed by atoms with Crippen LogP contribution < -0.4 is 10.0 Å². The number of nitrogens with one attached hydrogen (secondary N) is 2. The van der Waals surface area contributed by atoms with Crippen molar-refractivity contribution in [3.8, 4) is 0 Å². The maximum atomic E-state index is 12.0. The van der Waals surface area contributed by atoms with Crippen LogP contribution in [0, 0.1) is 17.8 Å². The van der Waals surface area contributed by atoms with Gasteiger partial charge in [0.05, 0.1) is 5.75 Å². The van der Waals surface area contributed by atoms with Crippen molar-refractivity contribution < 1.29 is 8.42 Å². The number of hydrogen-bond donors (Lipinski definition) is 2. The third kappa shape index (κ3) is 4.17. The van der Waals surface area contributed by atoms with Crippen LogP contribution in [0.5, 0.6) is 0 Å². The van der Waals surface area contributed by atoms with Crippen molar-refractivity contribution in [3.63, 3.8) is 0 Å². The van der Waals surface area contributed by atoms with Gasteiger partial charge in [0.1, 0.15) is 0 Å². The van der Waals surface area contributed by atoms with E-state index in [2.05, 4.69) is 10.0 Å². The highest BCUT2D eigenvalue weighted by atomic mass is 32.2. The Morgan fingerprint density at radius 1 is 1.16 bits per heavy atom. The summed E-state index contributed by atoms with van der Waals surface area (Å²) in [6, 6.07) is 0.428. The summed E-state index contributed by atoms with van der Waals surface area (Å²) in [5, 5.41) is 3.15. The molecular formula is C14H28N2O2S. The molecule has 2 aliphatic rings. The van der Waals surface area contributed by atoms with Crippen LogP contribution in [0.1, 0.15) is 46.5 Å². The lowest BCUT2D eigenvalue weighted by molar-refractivity contribution is 0.280. The van der Waals surface area contributed by atoms with Crippen LogP contribution in [0.25, 0.3) is 0 Å². The lowest BCUT2D eigenvalue weighted by atomic mass is 9.84. The Morgan fingerprint density at radius 3 is 2.42 bits per heavy atom. The molecule has 2 saturated carbocycles. The average Bonchev–Trinajstić information content (AvgIpc) is 2.88. The van der Waals surface area contributed by atoms with Crippen LogP contribution in [0.15, 0.2) is 0 Å². The highest BCUT2D eigenvalue weighted by molar-refractivity contribution is 7.89. The van der Waals surface area contributed by atoms with E-state index in [1.165, 1.54) is 25.7 Å². The third-order valence-corrected chi connectivity index (χ3v) is 6.20. The van der Waals surface area contributed by atoms with Crippen molar-refractivity contribution >= 4 is 10.0 Å². The summed E-state index contributed by atoms with van der Waals surface area (Å²) in [6.45, 7) is 6.62. The molecule has 0 spiro atoms. The van der Waals surface area contributed by atoms with E-state index in [4.69, 9.17) is 0 Å². The molecule has 0 aromatic carbocycles. The first kappa shape index (κ1) is 15.3. The Balaban J connectivity index is 1.79. The Hall–Kier alpha value is -0.130. The van der Waals surface area contributed by atoms with E-state index >= 15 is 0 Å². The number of hydrogen-bond acceptors (Lipinski definition) is 3. The van der Waals surface area contributed by atoms with Gasteiger partial charge in [-0.15, -0.1) is 0 Å². The van der Waals surface area contributed by atoms with Gasteiger partial charge >= 0.3 is 0 Å². The van der Waals surface area contributed by atoms with Crippen molar-refractivity contribution in [1.29, 1.82) is 0 Å². The van der Waals surface area contributed by atoms with E-state index in [0.717, 1.165) is 11.8 Å². The molecule has 0 amide bonds. The molecule has 112 valence electrons. The van der Waals surface area contributed by atoms with E-state index in [1.54, 1.807) is 0 Å². The molecule has 2 bridgehead atoms. The van der Waals surface area contributed by atoms with Crippen molar-refractivity contribution in [2.24, 2.45) is 17.8 Å². The molecule has 4 nitrogen and oxygen atoms in total. The van der Waals surface area contributed by atoms with Gasteiger partial charge in [0.2, 0.25) is 10.0 Å². The van der Waals surface area contributed by atoms with Gasteiger partial charge in [-0.25, -0.2) is 13.1 Å². The zero-order valence-corrected chi connectivity index (χ0v) is 13.2. The second-order valence-corrected chi connectivity index (χ2v) is 8.55. The highest BCUT2D eigenvalue weighted by Gasteiger charge is 2.42. The molecule has 2 N–H and O–H groups in total. The van der Waals surface area contributed by atoms with Crippen LogP contribution in [-0.4, -0.2) is 32.8 Å². The maximum Gasteiger partial charge on any atom is 0.213 e. The van der Waals surface area contributed by atoms with Crippen molar-refractivity contribution in [1.82, 2.24) is 10.0 Å². The van der Waals surface area contributed by atoms with Gasteiger partial charge in [-0.3, -0.25) is 0 Å². The zero-order valence-electron chi connectivity index (χ0n) is 12.4. The Bertz CT molecular complexity index is 394. The molecule has 5 heteroatoms. The largest absolute Gasteiger partial charge is 0.313 e. The van der Waals surface area contributed by atoms with Gasteiger partial charge in [-0.05, 0) is 43.9 Å². The first-order valence-electron chi connectivity index (χ1n) is 7.61. The van der Waals surface area contributed by atoms with Crippen LogP contribution in [-0.2, 0) is 10.0 Å². The van der Waals surface area contributed by atoms with Crippen LogP contribution in [0.2, 0.25) is 0 Å². The highest BCUT2D eigenvalue weighted by Crippen LogP contribution is 2.49. The molecule has 0 saturated heterocycles. The monoisotopic (exact) mass is 288 g/mol. The summed E-state index contributed by atoms with van der Waals surface area (Å²) in [7, 11) is -3.14. The zero-order chi connectivity index (χ0) is 14.0. The van der Waals surface area contributed by atoms with Crippen molar-refractivity contribution in [3.05, 3.63) is 0 Å². The van der Waals surface area contributed by atoms with Crippen LogP contribution >= 0.6 is 0 Å². The Morgan fingerprint density at radius 2 is 1.89 bits per heavy atom.